The Balaban J connectivity index is 1.73. The van der Waals surface area contributed by atoms with Crippen molar-refractivity contribution >= 4 is 0 Å². The molecule has 0 aromatic carbocycles. The van der Waals surface area contributed by atoms with Crippen molar-refractivity contribution in [2.24, 2.45) is 0 Å². The van der Waals surface area contributed by atoms with Gasteiger partial charge in [0.15, 0.2) is 17.2 Å². The van der Waals surface area contributed by atoms with Crippen LogP contribution in [0, 0.1) is 0 Å². The van der Waals surface area contributed by atoms with Gasteiger partial charge in [0.05, 0.1) is 17.1 Å². The van der Waals surface area contributed by atoms with Crippen LogP contribution < -0.4 is 0 Å². The molecule has 4 aromatic rings. The van der Waals surface area contributed by atoms with E-state index < -0.39 is 29.2 Å². The lowest BCUT2D eigenvalue weighted by Gasteiger charge is -2.25. The van der Waals surface area contributed by atoms with Crippen LogP contribution in [0.4, 0.5) is 26.3 Å². The van der Waals surface area contributed by atoms with Crippen molar-refractivity contribution in [3.8, 4) is 17.1 Å². The molecule has 0 atom stereocenters. The molecule has 4 heterocycles. The van der Waals surface area contributed by atoms with Gasteiger partial charge < -0.3 is 0 Å². The summed E-state index contributed by atoms with van der Waals surface area (Å²) in [5, 5.41) is 3.53. The van der Waals surface area contributed by atoms with E-state index >= 15 is 0 Å². The predicted molar refractivity (Wildman–Crippen MR) is 111 cm³/mol. The van der Waals surface area contributed by atoms with Crippen molar-refractivity contribution in [1.29, 1.82) is 0 Å². The summed E-state index contributed by atoms with van der Waals surface area (Å²) in [7, 11) is 0. The van der Waals surface area contributed by atoms with E-state index in [0.717, 1.165) is 23.1 Å². The highest BCUT2D eigenvalue weighted by Crippen LogP contribution is 2.36. The summed E-state index contributed by atoms with van der Waals surface area (Å²) >= 11 is 0. The van der Waals surface area contributed by atoms with Crippen LogP contribution >= 0.6 is 0 Å². The molecule has 0 N–H and O–H groups in total. The Labute approximate surface area is 190 Å². The third kappa shape index (κ3) is 4.50. The predicted octanol–water partition coefficient (Wildman–Crippen LogP) is 6.09. The third-order valence-electron chi connectivity index (χ3n) is 5.23. The molecule has 0 fully saturated rings. The third-order valence-corrected chi connectivity index (χ3v) is 5.23. The van der Waals surface area contributed by atoms with Crippen LogP contribution in [0.25, 0.3) is 17.1 Å². The quantitative estimate of drug-likeness (QED) is 0.334. The van der Waals surface area contributed by atoms with E-state index in [-0.39, 0.29) is 17.1 Å². The highest BCUT2D eigenvalue weighted by Gasteiger charge is 2.36. The number of pyridine rings is 3. The largest absolute Gasteiger partial charge is 0.435 e. The summed E-state index contributed by atoms with van der Waals surface area (Å²) in [6.07, 6.45) is -7.02. The fraction of sp³-hybridized carbons (Fsp3) is 0.217. The van der Waals surface area contributed by atoms with E-state index in [4.69, 9.17) is 0 Å². The van der Waals surface area contributed by atoms with Gasteiger partial charge in [0.2, 0.25) is 0 Å². The minimum atomic E-state index is -4.65. The first-order valence-corrected chi connectivity index (χ1v) is 9.98. The van der Waals surface area contributed by atoms with Crippen LogP contribution in [0.2, 0.25) is 0 Å². The van der Waals surface area contributed by atoms with Crippen molar-refractivity contribution in [2.75, 3.05) is 0 Å². The molecule has 0 amide bonds. The zero-order valence-electron chi connectivity index (χ0n) is 17.9. The molecule has 0 radical (unpaired) electrons. The van der Waals surface area contributed by atoms with E-state index in [1.807, 2.05) is 0 Å². The molecule has 0 saturated carbocycles. The number of nitrogens with zero attached hydrogens (tertiary/aromatic N) is 5. The molecule has 0 aliphatic rings. The standard InChI is InChI=1S/C23H17F6N5/c1-21(2,17-9-4-10-19(32-17)34-13-11-18(33-34)22(24,25)26)16-8-3-7-15(31-16)14-6-5-12-30-20(14)23(27,28)29/h3-13H,1-2H3. The lowest BCUT2D eigenvalue weighted by Crippen LogP contribution is -2.23. The monoisotopic (exact) mass is 477 g/mol. The fourth-order valence-electron chi connectivity index (χ4n) is 3.40. The molecule has 0 unspecified atom stereocenters. The van der Waals surface area contributed by atoms with Gasteiger partial charge in [-0.3, -0.25) is 9.97 Å². The normalized spacial score (nSPS) is 12.7. The molecule has 5 nitrogen and oxygen atoms in total. The molecule has 0 aliphatic heterocycles. The number of alkyl halides is 6. The van der Waals surface area contributed by atoms with Gasteiger partial charge in [-0.15, -0.1) is 0 Å². The van der Waals surface area contributed by atoms with Crippen molar-refractivity contribution in [3.63, 3.8) is 0 Å². The van der Waals surface area contributed by atoms with Gasteiger partial charge in [-0.2, -0.15) is 31.4 Å². The molecule has 11 heteroatoms. The lowest BCUT2D eigenvalue weighted by molar-refractivity contribution is -0.141. The van der Waals surface area contributed by atoms with Crippen LogP contribution in [0.15, 0.2) is 67.0 Å². The van der Waals surface area contributed by atoms with Crippen LogP contribution in [0.5, 0.6) is 0 Å². The Morgan fingerprint density at radius 1 is 0.706 bits per heavy atom. The summed E-state index contributed by atoms with van der Waals surface area (Å²) in [4.78, 5) is 12.4. The molecule has 0 spiro atoms. The minimum absolute atomic E-state index is 0.0871. The second-order valence-electron chi connectivity index (χ2n) is 7.95. The first-order valence-electron chi connectivity index (χ1n) is 9.98. The minimum Gasteiger partial charge on any atom is -0.252 e. The summed E-state index contributed by atoms with van der Waals surface area (Å²) in [6, 6.07) is 13.0. The summed E-state index contributed by atoms with van der Waals surface area (Å²) < 4.78 is 80.0. The molecule has 34 heavy (non-hydrogen) atoms. The van der Waals surface area contributed by atoms with Crippen LogP contribution in [0.3, 0.4) is 0 Å². The first kappa shape index (κ1) is 23.4. The van der Waals surface area contributed by atoms with E-state index in [1.54, 1.807) is 38.1 Å². The Hall–Kier alpha value is -3.76. The fourth-order valence-corrected chi connectivity index (χ4v) is 3.40. The SMILES string of the molecule is CC(C)(c1cccc(-c2cccnc2C(F)(F)F)n1)c1cccc(-n2ccc(C(F)(F)F)n2)n1. The molecule has 0 bridgehead atoms. The van der Waals surface area contributed by atoms with Crippen LogP contribution in [-0.2, 0) is 17.8 Å². The van der Waals surface area contributed by atoms with E-state index in [0.29, 0.717) is 11.4 Å². The molecular formula is C23H17F6N5. The van der Waals surface area contributed by atoms with Crippen LogP contribution in [-0.4, -0.2) is 24.7 Å². The maximum absolute atomic E-state index is 13.4. The molecule has 176 valence electrons. The Kier molecular flexibility index (Phi) is 5.66. The number of hydrogen-bond donors (Lipinski definition) is 0. The molecule has 0 saturated heterocycles. The number of aromatic nitrogens is 5. The smallest absolute Gasteiger partial charge is 0.252 e. The Morgan fingerprint density at radius 3 is 2.03 bits per heavy atom. The topological polar surface area (TPSA) is 56.5 Å². The average molecular weight is 477 g/mol. The summed E-state index contributed by atoms with van der Waals surface area (Å²) in [5.41, 5.74) is -2.20. The van der Waals surface area contributed by atoms with E-state index in [2.05, 4.69) is 20.1 Å². The number of halogens is 6. The zero-order chi connectivity index (χ0) is 24.7. The van der Waals surface area contributed by atoms with Crippen molar-refractivity contribution < 1.29 is 26.3 Å². The highest BCUT2D eigenvalue weighted by atomic mass is 19.4. The van der Waals surface area contributed by atoms with Gasteiger partial charge in [0.1, 0.15) is 0 Å². The maximum atomic E-state index is 13.4. The maximum Gasteiger partial charge on any atom is 0.435 e. The molecule has 0 aliphatic carbocycles. The van der Waals surface area contributed by atoms with Crippen molar-refractivity contribution in [3.05, 3.63) is 89.8 Å². The molecular weight excluding hydrogens is 460 g/mol. The summed E-state index contributed by atoms with van der Waals surface area (Å²) in [5.74, 6) is 0.156. The van der Waals surface area contributed by atoms with E-state index in [1.165, 1.54) is 24.3 Å². The zero-order valence-corrected chi connectivity index (χ0v) is 17.9. The van der Waals surface area contributed by atoms with Gasteiger partial charge in [-0.1, -0.05) is 12.1 Å². The second-order valence-corrected chi connectivity index (χ2v) is 7.95. The summed E-state index contributed by atoms with van der Waals surface area (Å²) in [6.45, 7) is 3.53. The van der Waals surface area contributed by atoms with Gasteiger partial charge in [0.25, 0.3) is 0 Å². The first-order chi connectivity index (χ1) is 15.9. The van der Waals surface area contributed by atoms with E-state index in [9.17, 15) is 26.3 Å². The lowest BCUT2D eigenvalue weighted by atomic mass is 9.84. The van der Waals surface area contributed by atoms with Gasteiger partial charge >= 0.3 is 12.4 Å². The molecule has 4 rings (SSSR count). The number of hydrogen-bond acceptors (Lipinski definition) is 4. The Bertz CT molecular complexity index is 1320. The van der Waals surface area contributed by atoms with Crippen LogP contribution in [0.1, 0.15) is 36.6 Å². The average Bonchev–Trinajstić information content (AvgIpc) is 3.30. The Morgan fingerprint density at radius 2 is 1.38 bits per heavy atom. The molecule has 4 aromatic heterocycles. The van der Waals surface area contributed by atoms with Crippen molar-refractivity contribution in [1.82, 2.24) is 24.7 Å². The second kappa shape index (κ2) is 8.23. The van der Waals surface area contributed by atoms with Gasteiger partial charge in [-0.05, 0) is 56.3 Å². The number of rotatable bonds is 4. The van der Waals surface area contributed by atoms with Gasteiger partial charge in [0, 0.05) is 23.4 Å². The van der Waals surface area contributed by atoms with Gasteiger partial charge in [-0.25, -0.2) is 9.67 Å². The highest BCUT2D eigenvalue weighted by molar-refractivity contribution is 5.63. The van der Waals surface area contributed by atoms with Crippen molar-refractivity contribution in [2.45, 2.75) is 31.6 Å².